The molecule has 3 rings (SSSR count). The van der Waals surface area contributed by atoms with Crippen LogP contribution in [0.3, 0.4) is 0 Å². The first kappa shape index (κ1) is 29.1. The average Bonchev–Trinajstić information content (AvgIpc) is 2.90. The molecule has 2 unspecified atom stereocenters. The molecule has 0 bridgehead atoms. The van der Waals surface area contributed by atoms with Crippen molar-refractivity contribution >= 4 is 40.8 Å². The van der Waals surface area contributed by atoms with E-state index in [-0.39, 0.29) is 24.9 Å². The summed E-state index contributed by atoms with van der Waals surface area (Å²) >= 11 is 12.4. The van der Waals surface area contributed by atoms with Gasteiger partial charge < -0.3 is 25.2 Å². The van der Waals surface area contributed by atoms with Crippen LogP contribution in [0.2, 0.25) is 10.0 Å². The standard InChI is InChI=1S/C29H32Cl2N2O5/c1-4-18(2)26(33-21-8-5-19(6-9-21)29(36)32-14-13-28(34)35)17-38-22-10-12-24(27(16-22)37-3)23-11-7-20(30)15-25(23)31/h5-12,15-16,18,26,33H,4,13-14,17H2,1-3H3,(H,32,36)(H,34,35). The molecule has 0 saturated heterocycles. The van der Waals surface area contributed by atoms with Crippen LogP contribution in [-0.4, -0.2) is 43.3 Å². The molecule has 0 fully saturated rings. The van der Waals surface area contributed by atoms with Gasteiger partial charge in [0.25, 0.3) is 5.91 Å². The molecule has 7 nitrogen and oxygen atoms in total. The van der Waals surface area contributed by atoms with E-state index < -0.39 is 5.97 Å². The summed E-state index contributed by atoms with van der Waals surface area (Å²) in [6.07, 6.45) is 0.827. The Bertz CT molecular complexity index is 1250. The molecule has 0 aromatic heterocycles. The van der Waals surface area contributed by atoms with E-state index in [2.05, 4.69) is 24.5 Å². The van der Waals surface area contributed by atoms with E-state index in [1.807, 2.05) is 36.4 Å². The van der Waals surface area contributed by atoms with Crippen molar-refractivity contribution in [2.24, 2.45) is 5.92 Å². The van der Waals surface area contributed by atoms with Gasteiger partial charge in [0.15, 0.2) is 0 Å². The maximum atomic E-state index is 12.2. The first-order chi connectivity index (χ1) is 18.2. The van der Waals surface area contributed by atoms with Crippen LogP contribution in [0.5, 0.6) is 11.5 Å². The van der Waals surface area contributed by atoms with Crippen LogP contribution in [0.4, 0.5) is 5.69 Å². The third-order valence-electron chi connectivity index (χ3n) is 6.28. The number of hydrogen-bond donors (Lipinski definition) is 3. The number of carbonyl (C=O) groups is 2. The fourth-order valence-electron chi connectivity index (χ4n) is 3.83. The summed E-state index contributed by atoms with van der Waals surface area (Å²) in [4.78, 5) is 22.8. The maximum absolute atomic E-state index is 12.2. The summed E-state index contributed by atoms with van der Waals surface area (Å²) in [5.74, 6) is 0.347. The highest BCUT2D eigenvalue weighted by atomic mass is 35.5. The fraction of sp³-hybridized carbons (Fsp3) is 0.310. The van der Waals surface area contributed by atoms with Gasteiger partial charge in [-0.1, -0.05) is 49.5 Å². The topological polar surface area (TPSA) is 96.9 Å². The number of ether oxygens (including phenoxy) is 2. The molecule has 3 aromatic carbocycles. The number of aliphatic carboxylic acids is 1. The lowest BCUT2D eigenvalue weighted by molar-refractivity contribution is -0.136. The summed E-state index contributed by atoms with van der Waals surface area (Å²) in [6, 6.07) is 18.1. The van der Waals surface area contributed by atoms with Crippen LogP contribution in [0.15, 0.2) is 60.7 Å². The van der Waals surface area contributed by atoms with Crippen molar-refractivity contribution in [1.29, 1.82) is 0 Å². The number of rotatable bonds is 13. The van der Waals surface area contributed by atoms with Crippen molar-refractivity contribution in [3.05, 3.63) is 76.3 Å². The minimum Gasteiger partial charge on any atom is -0.496 e. The summed E-state index contributed by atoms with van der Waals surface area (Å²) < 4.78 is 11.8. The molecule has 0 saturated carbocycles. The van der Waals surface area contributed by atoms with Crippen LogP contribution in [0, 0.1) is 5.92 Å². The number of halogens is 2. The first-order valence-electron chi connectivity index (χ1n) is 12.3. The van der Waals surface area contributed by atoms with E-state index >= 15 is 0 Å². The van der Waals surface area contributed by atoms with Crippen LogP contribution < -0.4 is 20.1 Å². The Hall–Kier alpha value is -3.42. The highest BCUT2D eigenvalue weighted by molar-refractivity contribution is 6.36. The molecule has 1 amide bonds. The van der Waals surface area contributed by atoms with Crippen LogP contribution in [-0.2, 0) is 4.79 Å². The molecule has 3 aromatic rings. The van der Waals surface area contributed by atoms with Gasteiger partial charge in [0.1, 0.15) is 18.1 Å². The highest BCUT2D eigenvalue weighted by Crippen LogP contribution is 2.38. The van der Waals surface area contributed by atoms with E-state index in [0.717, 1.165) is 23.2 Å². The Morgan fingerprint density at radius 3 is 2.34 bits per heavy atom. The van der Waals surface area contributed by atoms with Gasteiger partial charge in [-0.2, -0.15) is 0 Å². The average molecular weight is 559 g/mol. The van der Waals surface area contributed by atoms with Crippen molar-refractivity contribution in [2.45, 2.75) is 32.7 Å². The molecule has 0 aliphatic carbocycles. The quantitative estimate of drug-likeness (QED) is 0.214. The van der Waals surface area contributed by atoms with E-state index in [4.69, 9.17) is 37.8 Å². The second kappa shape index (κ2) is 13.9. The number of methoxy groups -OCH3 is 1. The Kier molecular flexibility index (Phi) is 10.7. The van der Waals surface area contributed by atoms with Gasteiger partial charge in [0, 0.05) is 40.0 Å². The Morgan fingerprint density at radius 2 is 1.71 bits per heavy atom. The third-order valence-corrected chi connectivity index (χ3v) is 6.83. The minimum atomic E-state index is -0.955. The number of benzene rings is 3. The molecule has 9 heteroatoms. The maximum Gasteiger partial charge on any atom is 0.305 e. The Morgan fingerprint density at radius 1 is 1.00 bits per heavy atom. The molecule has 0 radical (unpaired) electrons. The Balaban J connectivity index is 1.67. The smallest absolute Gasteiger partial charge is 0.305 e. The summed E-state index contributed by atoms with van der Waals surface area (Å²) in [5.41, 5.74) is 2.97. The number of carbonyl (C=O) groups excluding carboxylic acids is 1. The highest BCUT2D eigenvalue weighted by Gasteiger charge is 2.18. The lowest BCUT2D eigenvalue weighted by atomic mass is 9.99. The van der Waals surface area contributed by atoms with Crippen molar-refractivity contribution in [1.82, 2.24) is 5.32 Å². The van der Waals surface area contributed by atoms with Gasteiger partial charge in [0.2, 0.25) is 0 Å². The first-order valence-corrected chi connectivity index (χ1v) is 13.1. The van der Waals surface area contributed by atoms with Crippen LogP contribution >= 0.6 is 23.2 Å². The largest absolute Gasteiger partial charge is 0.496 e. The van der Waals surface area contributed by atoms with Gasteiger partial charge >= 0.3 is 5.97 Å². The number of hydrogen-bond acceptors (Lipinski definition) is 5. The third kappa shape index (κ3) is 8.04. The van der Waals surface area contributed by atoms with Crippen molar-refractivity contribution in [3.8, 4) is 22.6 Å². The Labute approximate surface area is 233 Å². The molecule has 2 atom stereocenters. The molecule has 0 aliphatic rings. The van der Waals surface area contributed by atoms with Crippen LogP contribution in [0.25, 0.3) is 11.1 Å². The van der Waals surface area contributed by atoms with Gasteiger partial charge in [-0.15, -0.1) is 0 Å². The number of carboxylic acid groups (broad SMARTS) is 1. The second-order valence-electron chi connectivity index (χ2n) is 8.91. The molecular formula is C29H32Cl2N2O5. The van der Waals surface area contributed by atoms with Gasteiger partial charge in [-0.3, -0.25) is 9.59 Å². The molecule has 0 heterocycles. The van der Waals surface area contributed by atoms with Gasteiger partial charge in [-0.25, -0.2) is 0 Å². The van der Waals surface area contributed by atoms with Crippen molar-refractivity contribution in [3.63, 3.8) is 0 Å². The van der Waals surface area contributed by atoms with E-state index in [1.165, 1.54) is 0 Å². The zero-order chi connectivity index (χ0) is 27.7. The second-order valence-corrected chi connectivity index (χ2v) is 9.75. The predicted molar refractivity (Wildman–Crippen MR) is 152 cm³/mol. The molecule has 0 aliphatic heterocycles. The fourth-order valence-corrected chi connectivity index (χ4v) is 4.34. The zero-order valence-corrected chi connectivity index (χ0v) is 23.1. The summed E-state index contributed by atoms with van der Waals surface area (Å²) in [5, 5.41) is 15.9. The predicted octanol–water partition coefficient (Wildman–Crippen LogP) is 6.78. The lowest BCUT2D eigenvalue weighted by Crippen LogP contribution is -2.33. The normalized spacial score (nSPS) is 12.3. The summed E-state index contributed by atoms with van der Waals surface area (Å²) in [7, 11) is 1.60. The van der Waals surface area contributed by atoms with Crippen LogP contribution in [0.1, 0.15) is 37.0 Å². The zero-order valence-electron chi connectivity index (χ0n) is 21.6. The van der Waals surface area contributed by atoms with Crippen molar-refractivity contribution in [2.75, 3.05) is 25.6 Å². The summed E-state index contributed by atoms with van der Waals surface area (Å²) in [6.45, 7) is 4.77. The van der Waals surface area contributed by atoms with Gasteiger partial charge in [0.05, 0.1) is 24.6 Å². The molecule has 38 heavy (non-hydrogen) atoms. The van der Waals surface area contributed by atoms with Gasteiger partial charge in [-0.05, 0) is 54.4 Å². The molecule has 0 spiro atoms. The van der Waals surface area contributed by atoms with E-state index in [1.54, 1.807) is 31.4 Å². The van der Waals surface area contributed by atoms with E-state index in [0.29, 0.717) is 39.6 Å². The molecule has 202 valence electrons. The van der Waals surface area contributed by atoms with Crippen molar-refractivity contribution < 1.29 is 24.2 Å². The minimum absolute atomic E-state index is 0.00613. The molecular weight excluding hydrogens is 527 g/mol. The number of anilines is 1. The SMILES string of the molecule is CCC(C)C(COc1ccc(-c2ccc(Cl)cc2Cl)c(OC)c1)Nc1ccc(C(=O)NCCC(=O)O)cc1. The molecule has 3 N–H and O–H groups in total. The number of carboxylic acids is 1. The monoisotopic (exact) mass is 558 g/mol. The number of amides is 1. The lowest BCUT2D eigenvalue weighted by Gasteiger charge is -2.26. The van der Waals surface area contributed by atoms with E-state index in [9.17, 15) is 9.59 Å². The number of nitrogens with one attached hydrogen (secondary N) is 2.